The lowest BCUT2D eigenvalue weighted by Crippen LogP contribution is -2.54. The van der Waals surface area contributed by atoms with E-state index >= 15 is 0 Å². The maximum absolute atomic E-state index is 11.8. The zero-order valence-corrected chi connectivity index (χ0v) is 9.76. The molecule has 1 rings (SSSR count). The minimum atomic E-state index is -0.981. The van der Waals surface area contributed by atoms with Gasteiger partial charge >= 0.3 is 0 Å². The summed E-state index contributed by atoms with van der Waals surface area (Å²) in [7, 11) is 0. The van der Waals surface area contributed by atoms with Crippen LogP contribution in [0.4, 0.5) is 0 Å². The van der Waals surface area contributed by atoms with Crippen molar-refractivity contribution in [3.8, 4) is 6.07 Å². The van der Waals surface area contributed by atoms with Crippen molar-refractivity contribution in [1.82, 2.24) is 5.32 Å². The molecule has 0 bridgehead atoms. The second kappa shape index (κ2) is 3.82. The van der Waals surface area contributed by atoms with Gasteiger partial charge in [0.2, 0.25) is 5.91 Å². The number of ether oxygens (including phenoxy) is 1. The van der Waals surface area contributed by atoms with Gasteiger partial charge in [-0.15, -0.1) is 0 Å². The van der Waals surface area contributed by atoms with Crippen molar-refractivity contribution in [2.24, 2.45) is 5.41 Å². The molecule has 1 amide bonds. The fourth-order valence-corrected chi connectivity index (χ4v) is 1.47. The zero-order valence-electron chi connectivity index (χ0n) is 9.76. The average molecular weight is 210 g/mol. The SMILES string of the molecule is CC1OCCC1(C)NC(=O)C(C)(C)C#N. The Hall–Kier alpha value is -1.08. The number of carbonyl (C=O) groups is 1. The quantitative estimate of drug-likeness (QED) is 0.745. The summed E-state index contributed by atoms with van der Waals surface area (Å²) >= 11 is 0. The summed E-state index contributed by atoms with van der Waals surface area (Å²) in [6.45, 7) is 7.78. The van der Waals surface area contributed by atoms with Crippen LogP contribution in [0.2, 0.25) is 0 Å². The molecule has 2 atom stereocenters. The van der Waals surface area contributed by atoms with Crippen LogP contribution in [-0.4, -0.2) is 24.2 Å². The van der Waals surface area contributed by atoms with Gasteiger partial charge in [0.25, 0.3) is 0 Å². The fraction of sp³-hybridized carbons (Fsp3) is 0.818. The molecule has 0 aromatic carbocycles. The Bertz CT molecular complexity index is 306. The number of nitrogens with one attached hydrogen (secondary N) is 1. The first-order chi connectivity index (χ1) is 6.82. The molecule has 1 aliphatic rings. The van der Waals surface area contributed by atoms with Gasteiger partial charge in [0.1, 0.15) is 5.41 Å². The third-order valence-electron chi connectivity index (χ3n) is 3.13. The van der Waals surface area contributed by atoms with Crippen molar-refractivity contribution >= 4 is 5.91 Å². The maximum Gasteiger partial charge on any atom is 0.240 e. The molecule has 1 fully saturated rings. The highest BCUT2D eigenvalue weighted by Crippen LogP contribution is 2.26. The van der Waals surface area contributed by atoms with Gasteiger partial charge in [0.05, 0.1) is 17.7 Å². The van der Waals surface area contributed by atoms with Crippen LogP contribution >= 0.6 is 0 Å². The van der Waals surface area contributed by atoms with Crippen molar-refractivity contribution in [3.63, 3.8) is 0 Å². The molecule has 0 aliphatic carbocycles. The van der Waals surface area contributed by atoms with Gasteiger partial charge in [-0.1, -0.05) is 0 Å². The molecule has 1 heterocycles. The zero-order chi connectivity index (χ0) is 11.7. The number of nitriles is 1. The molecule has 84 valence electrons. The van der Waals surface area contributed by atoms with Crippen LogP contribution < -0.4 is 5.32 Å². The molecule has 0 radical (unpaired) electrons. The largest absolute Gasteiger partial charge is 0.376 e. The van der Waals surface area contributed by atoms with Crippen LogP contribution in [0, 0.1) is 16.7 Å². The molecular weight excluding hydrogens is 192 g/mol. The number of rotatable bonds is 2. The summed E-state index contributed by atoms with van der Waals surface area (Å²) in [6.07, 6.45) is 0.789. The van der Waals surface area contributed by atoms with Gasteiger partial charge in [-0.3, -0.25) is 4.79 Å². The van der Waals surface area contributed by atoms with E-state index in [9.17, 15) is 4.79 Å². The standard InChI is InChI=1S/C11H18N2O2/c1-8-11(4,5-6-15-8)13-9(14)10(2,3)7-12/h8H,5-6H2,1-4H3,(H,13,14). The van der Waals surface area contributed by atoms with Crippen LogP contribution in [0.15, 0.2) is 0 Å². The molecule has 0 saturated carbocycles. The van der Waals surface area contributed by atoms with Crippen molar-refractivity contribution < 1.29 is 9.53 Å². The fourth-order valence-electron chi connectivity index (χ4n) is 1.47. The van der Waals surface area contributed by atoms with E-state index in [0.717, 1.165) is 6.42 Å². The van der Waals surface area contributed by atoms with Crippen LogP contribution in [0.25, 0.3) is 0 Å². The predicted molar refractivity (Wildman–Crippen MR) is 56.0 cm³/mol. The van der Waals surface area contributed by atoms with E-state index < -0.39 is 5.41 Å². The Balaban J connectivity index is 2.71. The molecule has 4 heteroatoms. The smallest absolute Gasteiger partial charge is 0.240 e. The van der Waals surface area contributed by atoms with E-state index in [1.165, 1.54) is 0 Å². The summed E-state index contributed by atoms with van der Waals surface area (Å²) in [5.41, 5.74) is -1.32. The van der Waals surface area contributed by atoms with Crippen LogP contribution in [0.5, 0.6) is 0 Å². The minimum absolute atomic E-state index is 0.00376. The van der Waals surface area contributed by atoms with Crippen molar-refractivity contribution in [2.75, 3.05) is 6.61 Å². The lowest BCUT2D eigenvalue weighted by atomic mass is 9.89. The van der Waals surface area contributed by atoms with E-state index in [1.54, 1.807) is 13.8 Å². The van der Waals surface area contributed by atoms with Gasteiger partial charge in [-0.2, -0.15) is 5.26 Å². The summed E-state index contributed by atoms with van der Waals surface area (Å²) < 4.78 is 5.42. The van der Waals surface area contributed by atoms with Gasteiger partial charge in [-0.25, -0.2) is 0 Å². The molecule has 2 unspecified atom stereocenters. The lowest BCUT2D eigenvalue weighted by molar-refractivity contribution is -0.129. The Labute approximate surface area is 90.6 Å². The molecule has 0 spiro atoms. The first-order valence-electron chi connectivity index (χ1n) is 5.17. The van der Waals surface area contributed by atoms with Gasteiger partial charge in [0.15, 0.2) is 0 Å². The summed E-state index contributed by atoms with van der Waals surface area (Å²) in [5.74, 6) is -0.232. The molecule has 1 saturated heterocycles. The summed E-state index contributed by atoms with van der Waals surface area (Å²) in [4.78, 5) is 11.8. The maximum atomic E-state index is 11.8. The summed E-state index contributed by atoms with van der Waals surface area (Å²) in [5, 5.41) is 11.8. The Morgan fingerprint density at radius 1 is 1.67 bits per heavy atom. The molecule has 0 aromatic rings. The number of amides is 1. The molecule has 1 N–H and O–H groups in total. The highest BCUT2D eigenvalue weighted by Gasteiger charge is 2.41. The number of nitrogens with zero attached hydrogens (tertiary/aromatic N) is 1. The molecule has 1 aliphatic heterocycles. The molecular formula is C11H18N2O2. The first kappa shape index (κ1) is 12.0. The Morgan fingerprint density at radius 3 is 2.67 bits per heavy atom. The first-order valence-corrected chi connectivity index (χ1v) is 5.17. The molecule has 15 heavy (non-hydrogen) atoms. The highest BCUT2D eigenvalue weighted by molar-refractivity contribution is 5.85. The average Bonchev–Trinajstić information content (AvgIpc) is 2.47. The van der Waals surface area contributed by atoms with Crippen LogP contribution in [-0.2, 0) is 9.53 Å². The Morgan fingerprint density at radius 2 is 2.27 bits per heavy atom. The number of carbonyl (C=O) groups excluding carboxylic acids is 1. The minimum Gasteiger partial charge on any atom is -0.376 e. The van der Waals surface area contributed by atoms with E-state index in [-0.39, 0.29) is 17.6 Å². The van der Waals surface area contributed by atoms with Gasteiger partial charge in [-0.05, 0) is 34.1 Å². The molecule has 0 aromatic heterocycles. The van der Waals surface area contributed by atoms with Gasteiger partial charge in [0, 0.05) is 6.61 Å². The van der Waals surface area contributed by atoms with E-state index in [0.29, 0.717) is 6.61 Å². The molecule has 4 nitrogen and oxygen atoms in total. The third-order valence-corrected chi connectivity index (χ3v) is 3.13. The second-order valence-electron chi connectivity index (χ2n) is 4.87. The van der Waals surface area contributed by atoms with E-state index in [4.69, 9.17) is 10.00 Å². The van der Waals surface area contributed by atoms with Crippen molar-refractivity contribution in [3.05, 3.63) is 0 Å². The number of hydrogen-bond acceptors (Lipinski definition) is 3. The van der Waals surface area contributed by atoms with Crippen molar-refractivity contribution in [2.45, 2.75) is 45.8 Å². The third kappa shape index (κ3) is 2.29. The predicted octanol–water partition coefficient (Wildman–Crippen LogP) is 1.22. The normalized spacial score (nSPS) is 31.0. The lowest BCUT2D eigenvalue weighted by Gasteiger charge is -2.31. The highest BCUT2D eigenvalue weighted by atomic mass is 16.5. The second-order valence-corrected chi connectivity index (χ2v) is 4.87. The summed E-state index contributed by atoms with van der Waals surface area (Å²) in [6, 6.07) is 1.99. The monoisotopic (exact) mass is 210 g/mol. The van der Waals surface area contributed by atoms with E-state index in [2.05, 4.69) is 5.32 Å². The van der Waals surface area contributed by atoms with E-state index in [1.807, 2.05) is 19.9 Å². The van der Waals surface area contributed by atoms with Gasteiger partial charge < -0.3 is 10.1 Å². The van der Waals surface area contributed by atoms with Crippen LogP contribution in [0.3, 0.4) is 0 Å². The Kier molecular flexibility index (Phi) is 3.05. The van der Waals surface area contributed by atoms with Crippen LogP contribution in [0.1, 0.15) is 34.1 Å². The van der Waals surface area contributed by atoms with Crippen molar-refractivity contribution in [1.29, 1.82) is 5.26 Å². The topological polar surface area (TPSA) is 62.1 Å². The number of hydrogen-bond donors (Lipinski definition) is 1.